The van der Waals surface area contributed by atoms with E-state index in [1.54, 1.807) is 29.7 Å². The van der Waals surface area contributed by atoms with Crippen LogP contribution in [-0.2, 0) is 16.1 Å². The van der Waals surface area contributed by atoms with E-state index in [0.717, 1.165) is 21.3 Å². The average molecular weight is 403 g/mol. The van der Waals surface area contributed by atoms with Gasteiger partial charge in [0.25, 0.3) is 5.91 Å². The number of nitrogens with zero attached hydrogens (tertiary/aromatic N) is 2. The normalized spacial score (nSPS) is 11.8. The maximum absolute atomic E-state index is 12.6. The van der Waals surface area contributed by atoms with Gasteiger partial charge in [-0.25, -0.2) is 0 Å². The number of amides is 1. The highest BCUT2D eigenvalue weighted by atomic mass is 35.5. The molecule has 0 aliphatic carbocycles. The van der Waals surface area contributed by atoms with E-state index in [1.807, 2.05) is 32.0 Å². The second kappa shape index (κ2) is 8.06. The Hall–Kier alpha value is -2.44. The Morgan fingerprint density at radius 3 is 2.70 bits per heavy atom. The van der Waals surface area contributed by atoms with Gasteiger partial charge in [0.1, 0.15) is 6.54 Å². The highest BCUT2D eigenvalue weighted by Gasteiger charge is 2.15. The highest BCUT2D eigenvalue weighted by Crippen LogP contribution is 2.27. The fourth-order valence-electron chi connectivity index (χ4n) is 2.81. The lowest BCUT2D eigenvalue weighted by atomic mass is 10.1. The number of aromatic nitrogens is 1. The number of aryl methyl sites for hydroxylation is 2. The summed E-state index contributed by atoms with van der Waals surface area (Å²) < 4.78 is 7.68. The van der Waals surface area contributed by atoms with E-state index in [2.05, 4.69) is 4.99 Å². The lowest BCUT2D eigenvalue weighted by molar-refractivity contribution is -0.143. The van der Waals surface area contributed by atoms with Crippen LogP contribution in [0.1, 0.15) is 28.4 Å². The molecule has 140 valence electrons. The first kappa shape index (κ1) is 19.3. The largest absolute Gasteiger partial charge is 0.465 e. The molecule has 0 aliphatic rings. The summed E-state index contributed by atoms with van der Waals surface area (Å²) in [6.07, 6.45) is 0. The molecule has 0 bridgehead atoms. The first-order valence-electron chi connectivity index (χ1n) is 8.50. The zero-order valence-corrected chi connectivity index (χ0v) is 16.9. The summed E-state index contributed by atoms with van der Waals surface area (Å²) in [7, 11) is 0. The molecule has 0 unspecified atom stereocenters. The van der Waals surface area contributed by atoms with Gasteiger partial charge in [-0.15, -0.1) is 0 Å². The number of rotatable bonds is 4. The standard InChI is InChI=1S/C20H19ClN2O3S/c1-4-26-17(24)11-23-18-13(3)15(21)8-9-16(18)27-20(23)22-19(25)14-7-5-6-12(2)10-14/h5-10H,4,11H2,1-3H3. The summed E-state index contributed by atoms with van der Waals surface area (Å²) >= 11 is 7.61. The number of benzene rings is 2. The molecule has 27 heavy (non-hydrogen) atoms. The number of carbonyl (C=O) groups is 2. The zero-order chi connectivity index (χ0) is 19.6. The molecule has 1 amide bonds. The lowest BCUT2D eigenvalue weighted by Crippen LogP contribution is -2.23. The number of carbonyl (C=O) groups excluding carboxylic acids is 2. The smallest absolute Gasteiger partial charge is 0.326 e. The first-order chi connectivity index (χ1) is 12.9. The van der Waals surface area contributed by atoms with Crippen molar-refractivity contribution in [1.82, 2.24) is 4.57 Å². The quantitative estimate of drug-likeness (QED) is 0.612. The molecule has 2 aromatic carbocycles. The van der Waals surface area contributed by atoms with Crippen LogP contribution in [-0.4, -0.2) is 23.1 Å². The molecule has 3 aromatic rings. The van der Waals surface area contributed by atoms with Crippen LogP contribution in [0.15, 0.2) is 41.4 Å². The number of ether oxygens (including phenoxy) is 1. The van der Waals surface area contributed by atoms with E-state index in [0.29, 0.717) is 15.4 Å². The third-order valence-electron chi connectivity index (χ3n) is 4.08. The van der Waals surface area contributed by atoms with Crippen molar-refractivity contribution in [2.24, 2.45) is 4.99 Å². The fourth-order valence-corrected chi connectivity index (χ4v) is 4.05. The number of thiazole rings is 1. The predicted molar refractivity (Wildman–Crippen MR) is 107 cm³/mol. The molecular weight excluding hydrogens is 384 g/mol. The number of esters is 1. The van der Waals surface area contributed by atoms with Gasteiger partial charge in [0.15, 0.2) is 4.80 Å². The Kier molecular flexibility index (Phi) is 5.77. The van der Waals surface area contributed by atoms with E-state index >= 15 is 0 Å². The summed E-state index contributed by atoms with van der Waals surface area (Å²) in [5.74, 6) is -0.743. The number of halogens is 1. The van der Waals surface area contributed by atoms with Crippen LogP contribution < -0.4 is 4.80 Å². The summed E-state index contributed by atoms with van der Waals surface area (Å²) in [5.41, 5.74) is 3.11. The molecule has 0 spiro atoms. The van der Waals surface area contributed by atoms with Crippen LogP contribution >= 0.6 is 22.9 Å². The van der Waals surface area contributed by atoms with E-state index < -0.39 is 0 Å². The van der Waals surface area contributed by atoms with Gasteiger partial charge in [-0.05, 0) is 50.6 Å². The Balaban J connectivity index is 2.17. The topological polar surface area (TPSA) is 60.7 Å². The van der Waals surface area contributed by atoms with Crippen LogP contribution in [0, 0.1) is 13.8 Å². The average Bonchev–Trinajstić information content (AvgIpc) is 2.96. The van der Waals surface area contributed by atoms with Gasteiger partial charge in [0.05, 0.1) is 16.8 Å². The SMILES string of the molecule is CCOC(=O)Cn1c(=NC(=O)c2cccc(C)c2)sc2ccc(Cl)c(C)c21. The van der Waals surface area contributed by atoms with Gasteiger partial charge in [-0.1, -0.05) is 40.6 Å². The van der Waals surface area contributed by atoms with Gasteiger partial charge in [-0.2, -0.15) is 4.99 Å². The minimum Gasteiger partial charge on any atom is -0.465 e. The van der Waals surface area contributed by atoms with Crippen molar-refractivity contribution in [1.29, 1.82) is 0 Å². The van der Waals surface area contributed by atoms with Crippen molar-refractivity contribution in [2.45, 2.75) is 27.3 Å². The van der Waals surface area contributed by atoms with Crippen molar-refractivity contribution in [2.75, 3.05) is 6.61 Å². The Morgan fingerprint density at radius 1 is 1.22 bits per heavy atom. The van der Waals surface area contributed by atoms with Gasteiger partial charge in [-0.3, -0.25) is 9.59 Å². The number of hydrogen-bond acceptors (Lipinski definition) is 4. The maximum atomic E-state index is 12.6. The summed E-state index contributed by atoms with van der Waals surface area (Å²) in [6, 6.07) is 10.9. The Labute approximate surface area is 165 Å². The Morgan fingerprint density at radius 2 is 2.00 bits per heavy atom. The summed E-state index contributed by atoms with van der Waals surface area (Å²) in [6.45, 7) is 5.81. The second-order valence-corrected chi connectivity index (χ2v) is 7.50. The second-order valence-electron chi connectivity index (χ2n) is 6.08. The third-order valence-corrected chi connectivity index (χ3v) is 5.54. The first-order valence-corrected chi connectivity index (χ1v) is 9.70. The maximum Gasteiger partial charge on any atom is 0.326 e. The van der Waals surface area contributed by atoms with Gasteiger partial charge >= 0.3 is 5.97 Å². The van der Waals surface area contributed by atoms with Crippen molar-refractivity contribution in [3.63, 3.8) is 0 Å². The fraction of sp³-hybridized carbons (Fsp3) is 0.250. The van der Waals surface area contributed by atoms with E-state index in [1.165, 1.54) is 11.3 Å². The Bertz CT molecular complexity index is 1100. The molecule has 3 rings (SSSR count). The van der Waals surface area contributed by atoms with Crippen molar-refractivity contribution in [3.05, 3.63) is 62.9 Å². The molecule has 7 heteroatoms. The van der Waals surface area contributed by atoms with Crippen LogP contribution in [0.3, 0.4) is 0 Å². The van der Waals surface area contributed by atoms with Crippen LogP contribution in [0.2, 0.25) is 5.02 Å². The predicted octanol–water partition coefficient (Wildman–Crippen LogP) is 4.28. The molecule has 1 aromatic heterocycles. The highest BCUT2D eigenvalue weighted by molar-refractivity contribution is 7.16. The van der Waals surface area contributed by atoms with E-state index in [9.17, 15) is 9.59 Å². The molecule has 5 nitrogen and oxygen atoms in total. The minimum atomic E-state index is -0.388. The zero-order valence-electron chi connectivity index (χ0n) is 15.3. The van der Waals surface area contributed by atoms with Crippen molar-refractivity contribution >= 4 is 45.0 Å². The molecule has 0 N–H and O–H groups in total. The van der Waals surface area contributed by atoms with E-state index in [4.69, 9.17) is 16.3 Å². The molecule has 0 aliphatic heterocycles. The van der Waals surface area contributed by atoms with Gasteiger partial charge in [0, 0.05) is 10.6 Å². The summed E-state index contributed by atoms with van der Waals surface area (Å²) in [5, 5.41) is 0.592. The van der Waals surface area contributed by atoms with Gasteiger partial charge in [0.2, 0.25) is 0 Å². The lowest BCUT2D eigenvalue weighted by Gasteiger charge is -2.08. The number of fused-ring (bicyclic) bond motifs is 1. The van der Waals surface area contributed by atoms with Crippen LogP contribution in [0.5, 0.6) is 0 Å². The van der Waals surface area contributed by atoms with E-state index in [-0.39, 0.29) is 25.0 Å². The van der Waals surface area contributed by atoms with Crippen LogP contribution in [0.4, 0.5) is 0 Å². The molecule has 0 atom stereocenters. The molecule has 1 heterocycles. The molecule has 0 radical (unpaired) electrons. The molecular formula is C20H19ClN2O3S. The third kappa shape index (κ3) is 4.12. The monoisotopic (exact) mass is 402 g/mol. The van der Waals surface area contributed by atoms with Gasteiger partial charge < -0.3 is 9.30 Å². The van der Waals surface area contributed by atoms with Crippen LogP contribution in [0.25, 0.3) is 10.2 Å². The molecule has 0 saturated carbocycles. The molecule has 0 saturated heterocycles. The summed E-state index contributed by atoms with van der Waals surface area (Å²) in [4.78, 5) is 29.5. The minimum absolute atomic E-state index is 0.0328. The molecule has 0 fully saturated rings. The number of hydrogen-bond donors (Lipinski definition) is 0. The van der Waals surface area contributed by atoms with Crippen molar-refractivity contribution < 1.29 is 14.3 Å². The van der Waals surface area contributed by atoms with Crippen molar-refractivity contribution in [3.8, 4) is 0 Å².